The highest BCUT2D eigenvalue weighted by molar-refractivity contribution is 5.95. The summed E-state index contributed by atoms with van der Waals surface area (Å²) in [6.07, 6.45) is 2.71. The fourth-order valence-corrected chi connectivity index (χ4v) is 4.60. The van der Waals surface area contributed by atoms with Gasteiger partial charge in [0, 0.05) is 5.41 Å². The van der Waals surface area contributed by atoms with Crippen molar-refractivity contribution in [3.8, 4) is 6.07 Å². The Hall–Kier alpha value is -2.40. The maximum Gasteiger partial charge on any atom is 0.152 e. The quantitative estimate of drug-likeness (QED) is 0.843. The number of hydrogen-bond donors (Lipinski definition) is 0. The normalized spacial score (nSPS) is 28.2. The van der Waals surface area contributed by atoms with Crippen LogP contribution in [-0.4, -0.2) is 5.78 Å². The van der Waals surface area contributed by atoms with Crippen LogP contribution in [0.5, 0.6) is 0 Å². The molecule has 5 rings (SSSR count). The highest BCUT2D eigenvalue weighted by Crippen LogP contribution is 2.64. The van der Waals surface area contributed by atoms with Crippen LogP contribution in [0.15, 0.2) is 60.7 Å². The molecule has 0 radical (unpaired) electrons. The topological polar surface area (TPSA) is 40.9 Å². The monoisotopic (exact) mass is 301 g/mol. The van der Waals surface area contributed by atoms with Gasteiger partial charge in [0.05, 0.1) is 17.9 Å². The second kappa shape index (κ2) is 5.35. The fraction of sp³-hybridized carbons (Fsp3) is 0.333. The van der Waals surface area contributed by atoms with Gasteiger partial charge in [-0.25, -0.2) is 0 Å². The van der Waals surface area contributed by atoms with Crippen molar-refractivity contribution in [1.82, 2.24) is 0 Å². The van der Waals surface area contributed by atoms with E-state index >= 15 is 0 Å². The van der Waals surface area contributed by atoms with Gasteiger partial charge in [-0.3, -0.25) is 4.79 Å². The Labute approximate surface area is 136 Å². The summed E-state index contributed by atoms with van der Waals surface area (Å²) >= 11 is 0. The summed E-state index contributed by atoms with van der Waals surface area (Å²) in [6, 6.07) is 22.4. The van der Waals surface area contributed by atoms with Gasteiger partial charge in [0.1, 0.15) is 0 Å². The van der Waals surface area contributed by atoms with E-state index in [1.807, 2.05) is 60.7 Å². The molecule has 3 aliphatic carbocycles. The minimum Gasteiger partial charge on any atom is -0.298 e. The number of hydrogen-bond acceptors (Lipinski definition) is 2. The smallest absolute Gasteiger partial charge is 0.152 e. The molecule has 2 heteroatoms. The van der Waals surface area contributed by atoms with E-state index in [1.54, 1.807) is 0 Å². The lowest BCUT2D eigenvalue weighted by molar-refractivity contribution is -0.134. The first-order chi connectivity index (χ1) is 11.2. The molecule has 0 heterocycles. The largest absolute Gasteiger partial charge is 0.298 e. The summed E-state index contributed by atoms with van der Waals surface area (Å²) in [7, 11) is 0. The molecule has 3 fully saturated rings. The van der Waals surface area contributed by atoms with Crippen molar-refractivity contribution < 1.29 is 4.79 Å². The van der Waals surface area contributed by atoms with E-state index in [4.69, 9.17) is 0 Å². The van der Waals surface area contributed by atoms with Crippen molar-refractivity contribution in [2.24, 2.45) is 17.3 Å². The van der Waals surface area contributed by atoms with E-state index in [9.17, 15) is 10.1 Å². The van der Waals surface area contributed by atoms with Crippen LogP contribution in [0.4, 0.5) is 0 Å². The average Bonchev–Trinajstić information content (AvgIpc) is 3.12. The molecule has 114 valence electrons. The third-order valence-electron chi connectivity index (χ3n) is 5.72. The average molecular weight is 301 g/mol. The summed E-state index contributed by atoms with van der Waals surface area (Å²) in [4.78, 5) is 13.5. The van der Waals surface area contributed by atoms with Crippen molar-refractivity contribution in [3.05, 3.63) is 71.8 Å². The van der Waals surface area contributed by atoms with Crippen LogP contribution in [0.2, 0.25) is 0 Å². The van der Waals surface area contributed by atoms with Gasteiger partial charge >= 0.3 is 0 Å². The molecule has 0 N–H and O–H groups in total. The Balaban J connectivity index is 1.78. The Morgan fingerprint density at radius 2 is 1.52 bits per heavy atom. The highest BCUT2D eigenvalue weighted by atomic mass is 16.1. The number of nitrogens with zero attached hydrogens (tertiary/aromatic N) is 1. The van der Waals surface area contributed by atoms with Crippen molar-refractivity contribution in [2.75, 3.05) is 0 Å². The summed E-state index contributed by atoms with van der Waals surface area (Å²) < 4.78 is 0. The molecule has 0 aromatic heterocycles. The lowest BCUT2D eigenvalue weighted by Crippen LogP contribution is -2.43. The number of ketones is 1. The van der Waals surface area contributed by atoms with Gasteiger partial charge in [0.25, 0.3) is 0 Å². The molecular weight excluding hydrogens is 282 g/mol. The molecule has 23 heavy (non-hydrogen) atoms. The van der Waals surface area contributed by atoms with Crippen LogP contribution < -0.4 is 0 Å². The minimum absolute atomic E-state index is 0.102. The molecule has 1 unspecified atom stereocenters. The second-order valence-corrected chi connectivity index (χ2v) is 6.97. The van der Waals surface area contributed by atoms with Crippen LogP contribution >= 0.6 is 0 Å². The Morgan fingerprint density at radius 3 is 2.00 bits per heavy atom. The number of benzene rings is 2. The minimum atomic E-state index is -0.407. The maximum absolute atomic E-state index is 13.5. The first-order valence-electron chi connectivity index (χ1n) is 8.28. The van der Waals surface area contributed by atoms with Crippen LogP contribution in [0.1, 0.15) is 36.3 Å². The van der Waals surface area contributed by atoms with Gasteiger partial charge in [-0.05, 0) is 36.3 Å². The van der Waals surface area contributed by atoms with E-state index < -0.39 is 5.41 Å². The Kier molecular flexibility index (Phi) is 3.31. The third kappa shape index (κ3) is 2.11. The molecule has 2 aromatic rings. The molecule has 3 aliphatic rings. The summed E-state index contributed by atoms with van der Waals surface area (Å²) in [5, 5.41) is 9.50. The summed E-state index contributed by atoms with van der Waals surface area (Å²) in [6.45, 7) is 0. The predicted molar refractivity (Wildman–Crippen MR) is 88.6 cm³/mol. The zero-order valence-corrected chi connectivity index (χ0v) is 13.0. The molecule has 2 nitrogen and oxygen atoms in total. The van der Waals surface area contributed by atoms with E-state index in [0.717, 1.165) is 30.4 Å². The number of carbonyl (C=O) groups is 1. The van der Waals surface area contributed by atoms with Crippen LogP contribution in [0.25, 0.3) is 0 Å². The van der Waals surface area contributed by atoms with E-state index in [0.29, 0.717) is 5.92 Å². The van der Waals surface area contributed by atoms with Crippen molar-refractivity contribution in [3.63, 3.8) is 0 Å². The zero-order chi connectivity index (χ0) is 15.9. The molecule has 0 amide bonds. The van der Waals surface area contributed by atoms with Gasteiger partial charge in [0.2, 0.25) is 0 Å². The van der Waals surface area contributed by atoms with Crippen LogP contribution in [0, 0.1) is 28.6 Å². The summed E-state index contributed by atoms with van der Waals surface area (Å²) in [5.74, 6) is 0.466. The first-order valence-corrected chi connectivity index (χ1v) is 8.28. The number of rotatable bonds is 4. The van der Waals surface area contributed by atoms with Gasteiger partial charge in [0.15, 0.2) is 5.78 Å². The van der Waals surface area contributed by atoms with Crippen molar-refractivity contribution in [1.29, 1.82) is 5.26 Å². The summed E-state index contributed by atoms with van der Waals surface area (Å²) in [5.41, 5.74) is 1.66. The van der Waals surface area contributed by atoms with Gasteiger partial charge in [-0.1, -0.05) is 60.7 Å². The molecule has 1 atom stereocenters. The fourth-order valence-electron chi connectivity index (χ4n) is 4.60. The highest BCUT2D eigenvalue weighted by Gasteiger charge is 2.62. The van der Waals surface area contributed by atoms with Gasteiger partial charge < -0.3 is 0 Å². The Morgan fingerprint density at radius 1 is 1.00 bits per heavy atom. The number of Topliss-reactive ketones (excluding diaryl/α,β-unsaturated/α-hetero) is 1. The number of fused-ring (bicyclic) bond motifs is 1. The van der Waals surface area contributed by atoms with Crippen LogP contribution in [-0.2, 0) is 4.79 Å². The molecular formula is C21H19NO. The molecule has 0 saturated heterocycles. The molecule has 2 bridgehead atoms. The van der Waals surface area contributed by atoms with E-state index in [2.05, 4.69) is 6.07 Å². The van der Waals surface area contributed by atoms with Gasteiger partial charge in [-0.2, -0.15) is 5.26 Å². The van der Waals surface area contributed by atoms with Gasteiger partial charge in [-0.15, -0.1) is 0 Å². The second-order valence-electron chi connectivity index (χ2n) is 6.97. The number of nitriles is 1. The lowest BCUT2D eigenvalue weighted by atomic mass is 9.60. The third-order valence-corrected chi connectivity index (χ3v) is 5.72. The SMILES string of the molecule is N#CC1CC2CC1(C(=O)C(c1ccccc1)c1ccccc1)C2. The van der Waals surface area contributed by atoms with E-state index in [-0.39, 0.29) is 17.6 Å². The molecule has 2 aromatic carbocycles. The predicted octanol–water partition coefficient (Wildman–Crippen LogP) is 4.33. The molecule has 0 aliphatic heterocycles. The maximum atomic E-state index is 13.5. The number of carbonyl (C=O) groups excluding carboxylic acids is 1. The lowest BCUT2D eigenvalue weighted by Gasteiger charge is -2.40. The molecule has 3 saturated carbocycles. The van der Waals surface area contributed by atoms with Crippen LogP contribution in [0.3, 0.4) is 0 Å². The van der Waals surface area contributed by atoms with Crippen molar-refractivity contribution >= 4 is 5.78 Å². The molecule has 0 spiro atoms. The standard InChI is InChI=1S/C21H19NO/c22-14-18-11-15-12-21(18,13-15)20(23)19(16-7-3-1-4-8-16)17-9-5-2-6-10-17/h1-10,15,18-19H,11-13H2. The van der Waals surface area contributed by atoms with E-state index in [1.165, 1.54) is 0 Å². The Bertz CT molecular complexity index is 714. The zero-order valence-electron chi connectivity index (χ0n) is 13.0. The van der Waals surface area contributed by atoms with Crippen molar-refractivity contribution in [2.45, 2.75) is 25.2 Å². The first kappa shape index (κ1) is 14.2.